The molecule has 3 rings (SSSR count). The molecule has 1 amide bonds. The number of rotatable bonds is 5. The molecule has 0 saturated carbocycles. The summed E-state index contributed by atoms with van der Waals surface area (Å²) in [5.74, 6) is -0.356. The number of hydrogen-bond acceptors (Lipinski definition) is 3. The van der Waals surface area contributed by atoms with E-state index in [0.717, 1.165) is 21.5 Å². The van der Waals surface area contributed by atoms with Gasteiger partial charge in [-0.2, -0.15) is 0 Å². The van der Waals surface area contributed by atoms with E-state index in [4.69, 9.17) is 0 Å². The minimum absolute atomic E-state index is 0.0724. The number of carbonyl (C=O) groups excluding carboxylic acids is 1. The number of thioether (sulfide) groups is 1. The number of nitrogens with zero attached hydrogens (tertiary/aromatic N) is 1. The lowest BCUT2D eigenvalue weighted by atomic mass is 10.1. The van der Waals surface area contributed by atoms with E-state index in [9.17, 15) is 9.18 Å². The van der Waals surface area contributed by atoms with Crippen LogP contribution in [0.4, 0.5) is 4.39 Å². The number of benzene rings is 2. The van der Waals surface area contributed by atoms with Gasteiger partial charge in [-0.3, -0.25) is 4.79 Å². The van der Waals surface area contributed by atoms with Crippen molar-refractivity contribution >= 4 is 28.6 Å². The second-order valence-electron chi connectivity index (χ2n) is 5.88. The largest absolute Gasteiger partial charge is 0.349 e. The first kappa shape index (κ1) is 17.4. The van der Waals surface area contributed by atoms with Gasteiger partial charge in [-0.1, -0.05) is 48.2 Å². The lowest BCUT2D eigenvalue weighted by molar-refractivity contribution is -0.120. The molecule has 0 spiro atoms. The summed E-state index contributed by atoms with van der Waals surface area (Å²) in [5, 5.41) is 4.58. The first-order chi connectivity index (χ1) is 12.0. The van der Waals surface area contributed by atoms with E-state index in [2.05, 4.69) is 10.3 Å². The normalized spacial score (nSPS) is 13.4. The molecule has 25 heavy (non-hydrogen) atoms. The van der Waals surface area contributed by atoms with Gasteiger partial charge in [-0.05, 0) is 43.7 Å². The van der Waals surface area contributed by atoms with Crippen molar-refractivity contribution in [2.75, 3.05) is 0 Å². The Morgan fingerprint density at radius 2 is 1.76 bits per heavy atom. The average molecular weight is 354 g/mol. The molecule has 1 N–H and O–H groups in total. The topological polar surface area (TPSA) is 42.0 Å². The quantitative estimate of drug-likeness (QED) is 0.674. The van der Waals surface area contributed by atoms with E-state index < -0.39 is 0 Å². The molecule has 0 aliphatic rings. The molecule has 0 aliphatic heterocycles. The number of carbonyl (C=O) groups is 1. The van der Waals surface area contributed by atoms with Gasteiger partial charge in [0.25, 0.3) is 0 Å². The molecule has 0 bridgehead atoms. The van der Waals surface area contributed by atoms with Crippen molar-refractivity contribution in [2.45, 2.75) is 30.2 Å². The monoisotopic (exact) mass is 354 g/mol. The van der Waals surface area contributed by atoms with Gasteiger partial charge in [0.1, 0.15) is 5.82 Å². The fraction of sp³-hybridized carbons (Fsp3) is 0.200. The van der Waals surface area contributed by atoms with Gasteiger partial charge in [-0.25, -0.2) is 9.37 Å². The Morgan fingerprint density at radius 1 is 1.04 bits per heavy atom. The number of aromatic nitrogens is 1. The summed E-state index contributed by atoms with van der Waals surface area (Å²) in [7, 11) is 0. The molecule has 0 saturated heterocycles. The maximum absolute atomic E-state index is 13.0. The Labute approximate surface area is 150 Å². The van der Waals surface area contributed by atoms with Crippen molar-refractivity contribution in [3.63, 3.8) is 0 Å². The average Bonchev–Trinajstić information content (AvgIpc) is 2.62. The second-order valence-corrected chi connectivity index (χ2v) is 7.25. The van der Waals surface area contributed by atoms with E-state index >= 15 is 0 Å². The minimum Gasteiger partial charge on any atom is -0.349 e. The molecular formula is C20H19FN2OS. The zero-order valence-electron chi connectivity index (χ0n) is 14.1. The Balaban J connectivity index is 1.64. The fourth-order valence-electron chi connectivity index (χ4n) is 2.51. The van der Waals surface area contributed by atoms with Crippen LogP contribution in [0.25, 0.3) is 10.9 Å². The zero-order valence-corrected chi connectivity index (χ0v) is 14.9. The first-order valence-corrected chi connectivity index (χ1v) is 8.99. The third-order valence-electron chi connectivity index (χ3n) is 3.97. The van der Waals surface area contributed by atoms with Crippen LogP contribution < -0.4 is 5.32 Å². The van der Waals surface area contributed by atoms with Crippen LogP contribution in [0.5, 0.6) is 0 Å². The van der Waals surface area contributed by atoms with Crippen LogP contribution in [0.3, 0.4) is 0 Å². The molecule has 0 radical (unpaired) electrons. The van der Waals surface area contributed by atoms with Crippen molar-refractivity contribution in [1.82, 2.24) is 10.3 Å². The van der Waals surface area contributed by atoms with Crippen LogP contribution in [-0.2, 0) is 4.79 Å². The SMILES string of the molecule is C[C@H](NC(=O)[C@@H](C)Sc1ccc2ccccc2n1)c1ccc(F)cc1. The van der Waals surface area contributed by atoms with Crippen LogP contribution in [0.2, 0.25) is 0 Å². The van der Waals surface area contributed by atoms with Gasteiger partial charge in [0, 0.05) is 5.39 Å². The standard InChI is InChI=1S/C20H19FN2OS/c1-13(15-7-10-17(21)11-8-15)22-20(24)14(2)25-19-12-9-16-5-3-4-6-18(16)23-19/h3-14H,1-2H3,(H,22,24)/t13-,14+/m0/s1. The van der Waals surface area contributed by atoms with E-state index in [1.54, 1.807) is 12.1 Å². The highest BCUT2D eigenvalue weighted by molar-refractivity contribution is 8.00. The lowest BCUT2D eigenvalue weighted by Crippen LogP contribution is -2.33. The second kappa shape index (κ2) is 7.66. The Hall–Kier alpha value is -2.40. The number of fused-ring (bicyclic) bond motifs is 1. The molecular weight excluding hydrogens is 335 g/mol. The highest BCUT2D eigenvalue weighted by Gasteiger charge is 2.18. The van der Waals surface area contributed by atoms with Crippen LogP contribution in [0, 0.1) is 5.82 Å². The third kappa shape index (κ3) is 4.37. The van der Waals surface area contributed by atoms with Gasteiger partial charge in [-0.15, -0.1) is 0 Å². The molecule has 128 valence electrons. The van der Waals surface area contributed by atoms with Gasteiger partial charge in [0.15, 0.2) is 0 Å². The van der Waals surface area contributed by atoms with E-state index in [1.807, 2.05) is 50.2 Å². The minimum atomic E-state index is -0.284. The van der Waals surface area contributed by atoms with Gasteiger partial charge < -0.3 is 5.32 Å². The molecule has 0 fully saturated rings. The van der Waals surface area contributed by atoms with E-state index in [-0.39, 0.29) is 23.0 Å². The smallest absolute Gasteiger partial charge is 0.233 e. The summed E-state index contributed by atoms with van der Waals surface area (Å²) < 4.78 is 13.0. The molecule has 0 aliphatic carbocycles. The van der Waals surface area contributed by atoms with Crippen molar-refractivity contribution in [3.8, 4) is 0 Å². The maximum Gasteiger partial charge on any atom is 0.233 e. The van der Waals surface area contributed by atoms with Crippen LogP contribution in [-0.4, -0.2) is 16.1 Å². The van der Waals surface area contributed by atoms with Crippen LogP contribution in [0.15, 0.2) is 65.7 Å². The summed E-state index contributed by atoms with van der Waals surface area (Å²) >= 11 is 1.42. The highest BCUT2D eigenvalue weighted by atomic mass is 32.2. The van der Waals surface area contributed by atoms with Gasteiger partial charge in [0.2, 0.25) is 5.91 Å². The molecule has 2 aromatic carbocycles. The molecule has 3 aromatic rings. The molecule has 1 heterocycles. The summed E-state index contributed by atoms with van der Waals surface area (Å²) in [4.78, 5) is 17.0. The van der Waals surface area contributed by atoms with Crippen LogP contribution >= 0.6 is 11.8 Å². The predicted molar refractivity (Wildman–Crippen MR) is 100 cm³/mol. The molecule has 1 aromatic heterocycles. The van der Waals surface area contributed by atoms with Crippen molar-refractivity contribution in [3.05, 3.63) is 72.0 Å². The maximum atomic E-state index is 13.0. The van der Waals surface area contributed by atoms with Crippen molar-refractivity contribution < 1.29 is 9.18 Å². The number of hydrogen-bond donors (Lipinski definition) is 1. The number of pyridine rings is 1. The summed E-state index contributed by atoms with van der Waals surface area (Å²) in [5.41, 5.74) is 1.79. The first-order valence-electron chi connectivity index (χ1n) is 8.11. The zero-order chi connectivity index (χ0) is 17.8. The number of halogens is 1. The van der Waals surface area contributed by atoms with Gasteiger partial charge >= 0.3 is 0 Å². The third-order valence-corrected chi connectivity index (χ3v) is 5.00. The Bertz CT molecular complexity index is 882. The predicted octanol–water partition coefficient (Wildman–Crippen LogP) is 4.73. The lowest BCUT2D eigenvalue weighted by Gasteiger charge is -2.17. The summed E-state index contributed by atoms with van der Waals surface area (Å²) in [6, 6.07) is 17.8. The fourth-order valence-corrected chi connectivity index (χ4v) is 3.35. The Kier molecular flexibility index (Phi) is 5.34. The highest BCUT2D eigenvalue weighted by Crippen LogP contribution is 2.24. The number of amides is 1. The number of nitrogens with one attached hydrogen (secondary N) is 1. The molecule has 2 atom stereocenters. The summed E-state index contributed by atoms with van der Waals surface area (Å²) in [6.07, 6.45) is 0. The van der Waals surface area contributed by atoms with E-state index in [0.29, 0.717) is 0 Å². The van der Waals surface area contributed by atoms with Crippen LogP contribution in [0.1, 0.15) is 25.5 Å². The molecule has 3 nitrogen and oxygen atoms in total. The van der Waals surface area contributed by atoms with Gasteiger partial charge in [0.05, 0.1) is 21.8 Å². The van der Waals surface area contributed by atoms with Crippen molar-refractivity contribution in [1.29, 1.82) is 0 Å². The summed E-state index contributed by atoms with van der Waals surface area (Å²) in [6.45, 7) is 3.74. The molecule has 5 heteroatoms. The Morgan fingerprint density at radius 3 is 2.52 bits per heavy atom. The van der Waals surface area contributed by atoms with Crippen molar-refractivity contribution in [2.24, 2.45) is 0 Å². The molecule has 0 unspecified atom stereocenters. The number of para-hydroxylation sites is 1. The van der Waals surface area contributed by atoms with E-state index in [1.165, 1.54) is 23.9 Å².